The number of esters is 1. The molecular formula is C22H17FO4. The second kappa shape index (κ2) is 8.27. The molecule has 0 heterocycles. The summed E-state index contributed by atoms with van der Waals surface area (Å²) in [4.78, 5) is 24.5. The van der Waals surface area contributed by atoms with Gasteiger partial charge in [-0.1, -0.05) is 30.3 Å². The SMILES string of the molecule is C[C@H](Oc1ccc(F)cc1)C(=O)Oc1ccc(C(=O)c2ccccc2)cc1. The molecule has 136 valence electrons. The zero-order chi connectivity index (χ0) is 19.2. The lowest BCUT2D eigenvalue weighted by Crippen LogP contribution is -2.28. The zero-order valence-corrected chi connectivity index (χ0v) is 14.6. The van der Waals surface area contributed by atoms with Gasteiger partial charge in [-0.2, -0.15) is 0 Å². The minimum Gasteiger partial charge on any atom is -0.479 e. The van der Waals surface area contributed by atoms with Crippen LogP contribution in [-0.4, -0.2) is 17.9 Å². The highest BCUT2D eigenvalue weighted by atomic mass is 19.1. The van der Waals surface area contributed by atoms with Gasteiger partial charge in [-0.05, 0) is 55.5 Å². The number of rotatable bonds is 6. The molecule has 1 atom stereocenters. The van der Waals surface area contributed by atoms with Crippen LogP contribution in [0.25, 0.3) is 0 Å². The molecule has 0 saturated heterocycles. The van der Waals surface area contributed by atoms with Gasteiger partial charge in [0.2, 0.25) is 0 Å². The lowest BCUT2D eigenvalue weighted by molar-refractivity contribution is -0.141. The van der Waals surface area contributed by atoms with E-state index in [1.54, 1.807) is 55.5 Å². The van der Waals surface area contributed by atoms with Gasteiger partial charge in [-0.3, -0.25) is 4.79 Å². The summed E-state index contributed by atoms with van der Waals surface area (Å²) in [5.74, 6) is -0.422. The molecule has 0 saturated carbocycles. The molecule has 0 bridgehead atoms. The third kappa shape index (κ3) is 4.79. The van der Waals surface area contributed by atoms with E-state index >= 15 is 0 Å². The van der Waals surface area contributed by atoms with E-state index in [2.05, 4.69) is 0 Å². The first-order valence-electron chi connectivity index (χ1n) is 8.36. The summed E-state index contributed by atoms with van der Waals surface area (Å²) in [6, 6.07) is 20.6. The maximum Gasteiger partial charge on any atom is 0.352 e. The van der Waals surface area contributed by atoms with Crippen LogP contribution in [0.3, 0.4) is 0 Å². The zero-order valence-electron chi connectivity index (χ0n) is 14.6. The average molecular weight is 364 g/mol. The number of benzene rings is 3. The number of hydrogen-bond acceptors (Lipinski definition) is 4. The molecule has 3 aromatic rings. The van der Waals surface area contributed by atoms with Crippen LogP contribution in [0.1, 0.15) is 22.8 Å². The van der Waals surface area contributed by atoms with Gasteiger partial charge in [-0.15, -0.1) is 0 Å². The van der Waals surface area contributed by atoms with Crippen LogP contribution in [0.4, 0.5) is 4.39 Å². The first kappa shape index (κ1) is 18.3. The molecule has 0 spiro atoms. The third-order valence-electron chi connectivity index (χ3n) is 3.83. The summed E-state index contributed by atoms with van der Waals surface area (Å²) in [5.41, 5.74) is 1.08. The molecule has 0 aromatic heterocycles. The Kier molecular flexibility index (Phi) is 5.61. The van der Waals surface area contributed by atoms with Crippen LogP contribution < -0.4 is 9.47 Å². The second-order valence-corrected chi connectivity index (χ2v) is 5.85. The van der Waals surface area contributed by atoms with E-state index in [0.29, 0.717) is 22.6 Å². The largest absolute Gasteiger partial charge is 0.479 e. The topological polar surface area (TPSA) is 52.6 Å². The summed E-state index contributed by atoms with van der Waals surface area (Å²) in [5, 5.41) is 0. The van der Waals surface area contributed by atoms with Crippen molar-refractivity contribution in [3.05, 3.63) is 95.8 Å². The standard InChI is InChI=1S/C22H17FO4/c1-15(26-19-13-9-18(23)10-14-19)22(25)27-20-11-7-17(8-12-20)21(24)16-5-3-2-4-6-16/h2-15H,1H3/t15-/m0/s1. The molecule has 3 aromatic carbocycles. The van der Waals surface area contributed by atoms with Crippen molar-refractivity contribution in [1.82, 2.24) is 0 Å². The van der Waals surface area contributed by atoms with Crippen molar-refractivity contribution in [3.63, 3.8) is 0 Å². The monoisotopic (exact) mass is 364 g/mol. The van der Waals surface area contributed by atoms with Crippen molar-refractivity contribution >= 4 is 11.8 Å². The summed E-state index contributed by atoms with van der Waals surface area (Å²) in [6.07, 6.45) is -0.874. The third-order valence-corrected chi connectivity index (χ3v) is 3.83. The Bertz CT molecular complexity index is 919. The highest BCUT2D eigenvalue weighted by Crippen LogP contribution is 2.18. The molecule has 3 rings (SSSR count). The maximum absolute atomic E-state index is 12.9. The van der Waals surface area contributed by atoms with Crippen LogP contribution in [-0.2, 0) is 4.79 Å². The number of carbonyl (C=O) groups is 2. The highest BCUT2D eigenvalue weighted by molar-refractivity contribution is 6.09. The van der Waals surface area contributed by atoms with Crippen molar-refractivity contribution < 1.29 is 23.5 Å². The minimum absolute atomic E-state index is 0.110. The van der Waals surface area contributed by atoms with Crippen molar-refractivity contribution in [1.29, 1.82) is 0 Å². The molecule has 0 N–H and O–H groups in total. The molecule has 0 aliphatic rings. The fraction of sp³-hybridized carbons (Fsp3) is 0.0909. The van der Waals surface area contributed by atoms with Gasteiger partial charge in [0.1, 0.15) is 17.3 Å². The Balaban J connectivity index is 1.61. The Morgan fingerprint density at radius 2 is 1.33 bits per heavy atom. The van der Waals surface area contributed by atoms with Crippen molar-refractivity contribution in [2.24, 2.45) is 0 Å². The van der Waals surface area contributed by atoms with Crippen LogP contribution >= 0.6 is 0 Å². The van der Waals surface area contributed by atoms with E-state index in [-0.39, 0.29) is 11.6 Å². The Morgan fingerprint density at radius 3 is 1.96 bits per heavy atom. The van der Waals surface area contributed by atoms with Crippen LogP contribution in [0, 0.1) is 5.82 Å². The van der Waals surface area contributed by atoms with Gasteiger partial charge in [-0.25, -0.2) is 9.18 Å². The summed E-state index contributed by atoms with van der Waals surface area (Å²) in [7, 11) is 0. The number of carbonyl (C=O) groups excluding carboxylic acids is 2. The Labute approximate surface area is 156 Å². The molecule has 0 radical (unpaired) electrons. The number of ketones is 1. The van der Waals surface area contributed by atoms with Crippen molar-refractivity contribution in [2.75, 3.05) is 0 Å². The van der Waals surface area contributed by atoms with Crippen LogP contribution in [0.5, 0.6) is 11.5 Å². The maximum atomic E-state index is 12.9. The molecule has 0 aliphatic heterocycles. The van der Waals surface area contributed by atoms with E-state index in [1.165, 1.54) is 24.3 Å². The molecule has 0 amide bonds. The van der Waals surface area contributed by atoms with E-state index in [1.807, 2.05) is 6.07 Å². The smallest absolute Gasteiger partial charge is 0.352 e. The van der Waals surface area contributed by atoms with Crippen molar-refractivity contribution in [3.8, 4) is 11.5 Å². The molecule has 0 aliphatic carbocycles. The van der Waals surface area contributed by atoms with Gasteiger partial charge < -0.3 is 9.47 Å². The number of hydrogen-bond donors (Lipinski definition) is 0. The summed E-state index contributed by atoms with van der Waals surface area (Å²) >= 11 is 0. The molecule has 27 heavy (non-hydrogen) atoms. The minimum atomic E-state index is -0.874. The van der Waals surface area contributed by atoms with E-state index < -0.39 is 12.1 Å². The van der Waals surface area contributed by atoms with E-state index in [9.17, 15) is 14.0 Å². The van der Waals surface area contributed by atoms with Gasteiger partial charge in [0, 0.05) is 11.1 Å². The predicted octanol–water partition coefficient (Wildman–Crippen LogP) is 4.43. The average Bonchev–Trinajstić information content (AvgIpc) is 2.70. The van der Waals surface area contributed by atoms with E-state index in [0.717, 1.165) is 0 Å². The normalized spacial score (nSPS) is 11.5. The number of ether oxygens (including phenoxy) is 2. The van der Waals surface area contributed by atoms with Gasteiger partial charge >= 0.3 is 5.97 Å². The Hall–Kier alpha value is -3.47. The molecular weight excluding hydrogens is 347 g/mol. The fourth-order valence-corrected chi connectivity index (χ4v) is 2.40. The van der Waals surface area contributed by atoms with Gasteiger partial charge in [0.05, 0.1) is 0 Å². The predicted molar refractivity (Wildman–Crippen MR) is 98.4 cm³/mol. The van der Waals surface area contributed by atoms with Gasteiger partial charge in [0.15, 0.2) is 11.9 Å². The number of halogens is 1. The first-order chi connectivity index (χ1) is 13.0. The quantitative estimate of drug-likeness (QED) is 0.369. The second-order valence-electron chi connectivity index (χ2n) is 5.85. The molecule has 4 nitrogen and oxygen atoms in total. The van der Waals surface area contributed by atoms with E-state index in [4.69, 9.17) is 9.47 Å². The Morgan fingerprint density at radius 1 is 0.778 bits per heavy atom. The van der Waals surface area contributed by atoms with Crippen molar-refractivity contribution in [2.45, 2.75) is 13.0 Å². The lowest BCUT2D eigenvalue weighted by Gasteiger charge is -2.14. The molecule has 0 unspecified atom stereocenters. The summed E-state index contributed by atoms with van der Waals surface area (Å²) in [6.45, 7) is 1.54. The van der Waals surface area contributed by atoms with Gasteiger partial charge in [0.25, 0.3) is 0 Å². The summed E-state index contributed by atoms with van der Waals surface area (Å²) < 4.78 is 23.6. The van der Waals surface area contributed by atoms with Crippen LogP contribution in [0.2, 0.25) is 0 Å². The van der Waals surface area contributed by atoms with Crippen LogP contribution in [0.15, 0.2) is 78.9 Å². The molecule has 0 fully saturated rings. The fourth-order valence-electron chi connectivity index (χ4n) is 2.40. The highest BCUT2D eigenvalue weighted by Gasteiger charge is 2.18. The first-order valence-corrected chi connectivity index (χ1v) is 8.36. The molecule has 5 heteroatoms. The lowest BCUT2D eigenvalue weighted by atomic mass is 10.0.